The second kappa shape index (κ2) is 4.64. The zero-order chi connectivity index (χ0) is 13.3. The van der Waals surface area contributed by atoms with Crippen LogP contribution in [0, 0.1) is 24.4 Å². The van der Waals surface area contributed by atoms with Gasteiger partial charge in [0.25, 0.3) is 0 Å². The molecule has 3 nitrogen and oxygen atoms in total. The van der Waals surface area contributed by atoms with Gasteiger partial charge in [0.15, 0.2) is 17.5 Å². The lowest BCUT2D eigenvalue weighted by Crippen LogP contribution is -2.00. The minimum atomic E-state index is -1.50. The number of hydrogen-bond donors (Lipinski definition) is 1. The number of nitrogens with zero attached hydrogens (tertiary/aromatic N) is 2. The first-order valence-corrected chi connectivity index (χ1v) is 5.20. The van der Waals surface area contributed by atoms with Crippen LogP contribution in [0.15, 0.2) is 18.2 Å². The molecule has 2 aromatic rings. The average molecular weight is 253 g/mol. The molecular formula is C12H10F3N3. The van der Waals surface area contributed by atoms with E-state index in [0.717, 1.165) is 12.1 Å². The molecule has 0 amide bonds. The Labute approximate surface area is 102 Å². The largest absolute Gasteiger partial charge is 0.373 e. The van der Waals surface area contributed by atoms with Crippen LogP contribution in [0.4, 0.5) is 19.0 Å². The van der Waals surface area contributed by atoms with Crippen LogP contribution in [0.5, 0.6) is 0 Å². The summed E-state index contributed by atoms with van der Waals surface area (Å²) >= 11 is 0. The summed E-state index contributed by atoms with van der Waals surface area (Å²) in [5, 5.41) is 2.78. The molecule has 0 bridgehead atoms. The molecule has 0 aliphatic carbocycles. The highest BCUT2D eigenvalue weighted by Gasteiger charge is 2.16. The fourth-order valence-electron chi connectivity index (χ4n) is 1.56. The zero-order valence-electron chi connectivity index (χ0n) is 9.76. The molecule has 94 valence electrons. The van der Waals surface area contributed by atoms with Crippen LogP contribution in [0.25, 0.3) is 11.3 Å². The Bertz CT molecular complexity index is 599. The summed E-state index contributed by atoms with van der Waals surface area (Å²) in [6.45, 7) is 1.63. The fraction of sp³-hybridized carbons (Fsp3) is 0.167. The van der Waals surface area contributed by atoms with E-state index in [4.69, 9.17) is 0 Å². The van der Waals surface area contributed by atoms with E-state index in [9.17, 15) is 13.2 Å². The highest BCUT2D eigenvalue weighted by atomic mass is 19.2. The first-order valence-electron chi connectivity index (χ1n) is 5.20. The van der Waals surface area contributed by atoms with Crippen LogP contribution in [0.3, 0.4) is 0 Å². The Morgan fingerprint density at radius 3 is 2.44 bits per heavy atom. The molecule has 18 heavy (non-hydrogen) atoms. The van der Waals surface area contributed by atoms with Crippen molar-refractivity contribution in [3.05, 3.63) is 41.5 Å². The van der Waals surface area contributed by atoms with Gasteiger partial charge in [0.05, 0.1) is 5.69 Å². The third-order valence-corrected chi connectivity index (χ3v) is 2.41. The first kappa shape index (κ1) is 12.3. The lowest BCUT2D eigenvalue weighted by molar-refractivity contribution is 0.449. The Morgan fingerprint density at radius 2 is 1.78 bits per heavy atom. The molecule has 0 saturated heterocycles. The SMILES string of the molecule is CNc1cc(-c2ccc(F)c(F)c2F)nc(C)n1. The molecule has 1 aromatic heterocycles. The molecule has 1 N–H and O–H groups in total. The molecule has 0 saturated carbocycles. The van der Waals surface area contributed by atoms with Gasteiger partial charge in [0, 0.05) is 18.7 Å². The maximum Gasteiger partial charge on any atom is 0.195 e. The minimum Gasteiger partial charge on any atom is -0.373 e. The quantitative estimate of drug-likeness (QED) is 0.836. The Balaban J connectivity index is 2.62. The lowest BCUT2D eigenvalue weighted by atomic mass is 10.1. The molecule has 2 rings (SSSR count). The summed E-state index contributed by atoms with van der Waals surface area (Å²) < 4.78 is 39.6. The van der Waals surface area contributed by atoms with E-state index in [0.29, 0.717) is 11.6 Å². The van der Waals surface area contributed by atoms with E-state index in [2.05, 4.69) is 15.3 Å². The van der Waals surface area contributed by atoms with Gasteiger partial charge in [-0.2, -0.15) is 0 Å². The van der Waals surface area contributed by atoms with E-state index in [1.165, 1.54) is 6.07 Å². The van der Waals surface area contributed by atoms with Crippen LogP contribution >= 0.6 is 0 Å². The second-order valence-corrected chi connectivity index (χ2v) is 3.66. The third kappa shape index (κ3) is 2.13. The topological polar surface area (TPSA) is 37.8 Å². The number of nitrogens with one attached hydrogen (secondary N) is 1. The summed E-state index contributed by atoms with van der Waals surface area (Å²) in [6.07, 6.45) is 0. The Kier molecular flexibility index (Phi) is 3.18. The van der Waals surface area contributed by atoms with Gasteiger partial charge in [0.1, 0.15) is 11.6 Å². The maximum absolute atomic E-state index is 13.6. The summed E-state index contributed by atoms with van der Waals surface area (Å²) in [5.41, 5.74) is 0.0964. The summed E-state index contributed by atoms with van der Waals surface area (Å²) in [5.74, 6) is -3.11. The summed E-state index contributed by atoms with van der Waals surface area (Å²) in [6, 6.07) is 3.47. The first-order chi connectivity index (χ1) is 8.52. The number of anilines is 1. The Hall–Kier alpha value is -2.11. The summed E-state index contributed by atoms with van der Waals surface area (Å²) in [7, 11) is 1.65. The van der Waals surface area contributed by atoms with Crippen molar-refractivity contribution < 1.29 is 13.2 Å². The predicted molar refractivity (Wildman–Crippen MR) is 61.6 cm³/mol. The van der Waals surface area contributed by atoms with Crippen molar-refractivity contribution >= 4 is 5.82 Å². The van der Waals surface area contributed by atoms with Crippen LogP contribution < -0.4 is 5.32 Å². The van der Waals surface area contributed by atoms with Gasteiger partial charge in [-0.05, 0) is 19.1 Å². The minimum absolute atomic E-state index is 0.101. The zero-order valence-corrected chi connectivity index (χ0v) is 9.76. The summed E-state index contributed by atoms with van der Waals surface area (Å²) in [4.78, 5) is 8.04. The highest BCUT2D eigenvalue weighted by Crippen LogP contribution is 2.25. The fourth-order valence-corrected chi connectivity index (χ4v) is 1.56. The van der Waals surface area contributed by atoms with Gasteiger partial charge in [-0.25, -0.2) is 23.1 Å². The van der Waals surface area contributed by atoms with E-state index in [-0.39, 0.29) is 11.3 Å². The molecule has 0 unspecified atom stereocenters. The molecule has 1 heterocycles. The molecule has 0 aliphatic heterocycles. The molecule has 0 spiro atoms. The smallest absolute Gasteiger partial charge is 0.195 e. The normalized spacial score (nSPS) is 10.5. The van der Waals surface area contributed by atoms with Gasteiger partial charge < -0.3 is 5.32 Å². The number of halogens is 3. The molecule has 0 radical (unpaired) electrons. The highest BCUT2D eigenvalue weighted by molar-refractivity contribution is 5.63. The Morgan fingerprint density at radius 1 is 1.06 bits per heavy atom. The van der Waals surface area contributed by atoms with Gasteiger partial charge >= 0.3 is 0 Å². The van der Waals surface area contributed by atoms with Gasteiger partial charge in [0.2, 0.25) is 0 Å². The van der Waals surface area contributed by atoms with Crippen molar-refractivity contribution in [3.8, 4) is 11.3 Å². The molecular weight excluding hydrogens is 243 g/mol. The number of aryl methyl sites for hydroxylation is 1. The van der Waals surface area contributed by atoms with Crippen LogP contribution in [0.1, 0.15) is 5.82 Å². The monoisotopic (exact) mass is 253 g/mol. The van der Waals surface area contributed by atoms with Crippen molar-refractivity contribution in [2.75, 3.05) is 12.4 Å². The third-order valence-electron chi connectivity index (χ3n) is 2.41. The second-order valence-electron chi connectivity index (χ2n) is 3.66. The van der Waals surface area contributed by atoms with E-state index < -0.39 is 17.5 Å². The van der Waals surface area contributed by atoms with Crippen LogP contribution in [0.2, 0.25) is 0 Å². The van der Waals surface area contributed by atoms with Crippen molar-refractivity contribution in [2.45, 2.75) is 6.92 Å². The van der Waals surface area contributed by atoms with Crippen molar-refractivity contribution in [3.63, 3.8) is 0 Å². The van der Waals surface area contributed by atoms with Crippen molar-refractivity contribution in [1.82, 2.24) is 9.97 Å². The lowest BCUT2D eigenvalue weighted by Gasteiger charge is -2.07. The van der Waals surface area contributed by atoms with E-state index >= 15 is 0 Å². The molecule has 6 heteroatoms. The number of hydrogen-bond acceptors (Lipinski definition) is 3. The van der Waals surface area contributed by atoms with Gasteiger partial charge in [-0.1, -0.05) is 0 Å². The number of rotatable bonds is 2. The molecule has 0 aliphatic rings. The van der Waals surface area contributed by atoms with Crippen molar-refractivity contribution in [2.24, 2.45) is 0 Å². The molecule has 1 aromatic carbocycles. The maximum atomic E-state index is 13.6. The van der Waals surface area contributed by atoms with Crippen molar-refractivity contribution in [1.29, 1.82) is 0 Å². The average Bonchev–Trinajstić information content (AvgIpc) is 2.35. The van der Waals surface area contributed by atoms with E-state index in [1.807, 2.05) is 0 Å². The predicted octanol–water partition coefficient (Wildman–Crippen LogP) is 2.91. The molecule has 0 atom stereocenters. The molecule has 0 fully saturated rings. The van der Waals surface area contributed by atoms with Gasteiger partial charge in [-0.3, -0.25) is 0 Å². The van der Waals surface area contributed by atoms with E-state index in [1.54, 1.807) is 14.0 Å². The van der Waals surface area contributed by atoms with Crippen LogP contribution in [-0.4, -0.2) is 17.0 Å². The van der Waals surface area contributed by atoms with Gasteiger partial charge in [-0.15, -0.1) is 0 Å². The number of benzene rings is 1. The number of aromatic nitrogens is 2. The van der Waals surface area contributed by atoms with Crippen LogP contribution in [-0.2, 0) is 0 Å². The standard InChI is InChI=1S/C12H10F3N3/c1-6-17-9(5-10(16-2)18-6)7-3-4-8(13)12(15)11(7)14/h3-5H,1-2H3,(H,16,17,18).